The second-order valence-corrected chi connectivity index (χ2v) is 6.87. The Bertz CT molecular complexity index is 844. The topological polar surface area (TPSA) is 42.0 Å². The van der Waals surface area contributed by atoms with Gasteiger partial charge in [0, 0.05) is 27.7 Å². The highest BCUT2D eigenvalue weighted by Gasteiger charge is 2.09. The smallest absolute Gasteiger partial charge is 0.252 e. The van der Waals surface area contributed by atoms with Gasteiger partial charge in [-0.25, -0.2) is 4.98 Å². The van der Waals surface area contributed by atoms with Crippen molar-refractivity contribution in [2.24, 2.45) is 0 Å². The lowest BCUT2D eigenvalue weighted by molar-refractivity contribution is 0.0950. The highest BCUT2D eigenvalue weighted by Crippen LogP contribution is 2.24. The molecule has 0 saturated carbocycles. The van der Waals surface area contributed by atoms with E-state index in [1.54, 1.807) is 17.4 Å². The largest absolute Gasteiger partial charge is 0.348 e. The summed E-state index contributed by atoms with van der Waals surface area (Å²) < 4.78 is 0.796. The molecule has 3 aromatic rings. The molecule has 0 aliphatic rings. The predicted molar refractivity (Wildman–Crippen MR) is 97.6 cm³/mol. The lowest BCUT2D eigenvalue weighted by atomic mass is 10.1. The second-order valence-electron chi connectivity index (χ2n) is 5.16. The summed E-state index contributed by atoms with van der Waals surface area (Å²) in [6, 6.07) is 15.5. The summed E-state index contributed by atoms with van der Waals surface area (Å²) in [6.07, 6.45) is 0. The highest BCUT2D eigenvalue weighted by atomic mass is 79.9. The zero-order chi connectivity index (χ0) is 16.2. The van der Waals surface area contributed by atoms with Crippen molar-refractivity contribution in [3.05, 3.63) is 75.2 Å². The lowest BCUT2D eigenvalue weighted by Crippen LogP contribution is -2.23. The van der Waals surface area contributed by atoms with Crippen molar-refractivity contribution in [2.75, 3.05) is 0 Å². The fourth-order valence-electron chi connectivity index (χ4n) is 2.22. The van der Waals surface area contributed by atoms with Crippen molar-refractivity contribution in [1.29, 1.82) is 0 Å². The van der Waals surface area contributed by atoms with E-state index < -0.39 is 0 Å². The molecule has 0 spiro atoms. The van der Waals surface area contributed by atoms with Gasteiger partial charge in [0.15, 0.2) is 0 Å². The normalized spacial score (nSPS) is 10.5. The van der Waals surface area contributed by atoms with E-state index in [1.807, 2.05) is 48.7 Å². The number of thiazole rings is 1. The van der Waals surface area contributed by atoms with Gasteiger partial charge in [-0.15, -0.1) is 11.3 Å². The van der Waals surface area contributed by atoms with E-state index in [1.165, 1.54) is 0 Å². The van der Waals surface area contributed by atoms with E-state index in [-0.39, 0.29) is 5.91 Å². The van der Waals surface area contributed by atoms with Gasteiger partial charge in [0.2, 0.25) is 0 Å². The lowest BCUT2D eigenvalue weighted by Gasteiger charge is -2.08. The van der Waals surface area contributed by atoms with E-state index in [2.05, 4.69) is 32.3 Å². The van der Waals surface area contributed by atoms with Gasteiger partial charge < -0.3 is 5.32 Å². The van der Waals surface area contributed by atoms with E-state index >= 15 is 0 Å². The fourth-order valence-corrected chi connectivity index (χ4v) is 3.48. The van der Waals surface area contributed by atoms with Gasteiger partial charge >= 0.3 is 0 Å². The molecule has 0 aliphatic heterocycles. The monoisotopic (exact) mass is 386 g/mol. The molecule has 23 heavy (non-hydrogen) atoms. The molecule has 0 radical (unpaired) electrons. The third-order valence-electron chi connectivity index (χ3n) is 3.36. The number of benzene rings is 2. The summed E-state index contributed by atoms with van der Waals surface area (Å²) in [4.78, 5) is 16.7. The Morgan fingerprint density at radius 1 is 1.22 bits per heavy atom. The molecule has 0 bridgehead atoms. The Labute approximate surface area is 147 Å². The molecule has 1 amide bonds. The SMILES string of the molecule is Cc1csc(-c2cccc(CNC(=O)c3ccccc3Br)c2)n1. The van der Waals surface area contributed by atoms with Crippen LogP contribution in [0, 0.1) is 6.92 Å². The van der Waals surface area contributed by atoms with Gasteiger partial charge in [-0.3, -0.25) is 4.79 Å². The highest BCUT2D eigenvalue weighted by molar-refractivity contribution is 9.10. The van der Waals surface area contributed by atoms with Crippen molar-refractivity contribution < 1.29 is 4.79 Å². The molecule has 0 fully saturated rings. The number of amides is 1. The molecule has 116 valence electrons. The third kappa shape index (κ3) is 3.86. The third-order valence-corrected chi connectivity index (χ3v) is 5.07. The maximum Gasteiger partial charge on any atom is 0.252 e. The average molecular weight is 387 g/mol. The number of hydrogen-bond donors (Lipinski definition) is 1. The number of nitrogens with one attached hydrogen (secondary N) is 1. The number of rotatable bonds is 4. The van der Waals surface area contributed by atoms with Gasteiger partial charge in [0.25, 0.3) is 5.91 Å². The van der Waals surface area contributed by atoms with Crippen LogP contribution in [0.3, 0.4) is 0 Å². The average Bonchev–Trinajstić information content (AvgIpc) is 3.00. The summed E-state index contributed by atoms with van der Waals surface area (Å²) in [5, 5.41) is 5.99. The minimum Gasteiger partial charge on any atom is -0.348 e. The Morgan fingerprint density at radius 3 is 2.78 bits per heavy atom. The first kappa shape index (κ1) is 15.9. The molecule has 3 nitrogen and oxygen atoms in total. The summed E-state index contributed by atoms with van der Waals surface area (Å²) in [7, 11) is 0. The minimum absolute atomic E-state index is 0.0898. The molecular weight excluding hydrogens is 372 g/mol. The molecule has 1 heterocycles. The predicted octanol–water partition coefficient (Wildman–Crippen LogP) is 4.81. The molecule has 5 heteroatoms. The standard InChI is InChI=1S/C18H15BrN2OS/c1-12-11-23-18(21-12)14-6-4-5-13(9-14)10-20-17(22)15-7-2-3-8-16(15)19/h2-9,11H,10H2,1H3,(H,20,22). The van der Waals surface area contributed by atoms with Crippen LogP contribution in [0.1, 0.15) is 21.6 Å². The molecule has 2 aromatic carbocycles. The zero-order valence-corrected chi connectivity index (χ0v) is 14.9. The van der Waals surface area contributed by atoms with Crippen LogP contribution in [-0.4, -0.2) is 10.9 Å². The van der Waals surface area contributed by atoms with Crippen LogP contribution in [0.15, 0.2) is 58.4 Å². The maximum atomic E-state index is 12.2. The van der Waals surface area contributed by atoms with Crippen LogP contribution in [0.5, 0.6) is 0 Å². The Kier molecular flexibility index (Phi) is 4.88. The molecule has 0 aliphatic carbocycles. The molecule has 0 saturated heterocycles. The zero-order valence-electron chi connectivity index (χ0n) is 12.5. The Balaban J connectivity index is 1.71. The van der Waals surface area contributed by atoms with Gasteiger partial charge in [-0.2, -0.15) is 0 Å². The van der Waals surface area contributed by atoms with Crippen molar-refractivity contribution in [1.82, 2.24) is 10.3 Å². The van der Waals surface area contributed by atoms with Crippen LogP contribution in [0.2, 0.25) is 0 Å². The first-order valence-electron chi connectivity index (χ1n) is 7.17. The first-order valence-corrected chi connectivity index (χ1v) is 8.85. The van der Waals surface area contributed by atoms with Gasteiger partial charge in [-0.1, -0.05) is 30.3 Å². The number of aryl methyl sites for hydroxylation is 1. The number of carbonyl (C=O) groups is 1. The summed E-state index contributed by atoms with van der Waals surface area (Å²) >= 11 is 5.03. The molecular formula is C18H15BrN2OS. The summed E-state index contributed by atoms with van der Waals surface area (Å²) in [5.41, 5.74) is 3.79. The summed E-state index contributed by atoms with van der Waals surface area (Å²) in [6.45, 7) is 2.47. The van der Waals surface area contributed by atoms with Crippen molar-refractivity contribution in [2.45, 2.75) is 13.5 Å². The number of aromatic nitrogens is 1. The first-order chi connectivity index (χ1) is 11.1. The maximum absolute atomic E-state index is 12.2. The Morgan fingerprint density at radius 2 is 2.04 bits per heavy atom. The Hall–Kier alpha value is -1.98. The van der Waals surface area contributed by atoms with Crippen molar-refractivity contribution in [3.8, 4) is 10.6 Å². The van der Waals surface area contributed by atoms with E-state index in [4.69, 9.17) is 0 Å². The van der Waals surface area contributed by atoms with Crippen molar-refractivity contribution in [3.63, 3.8) is 0 Å². The number of halogens is 1. The molecule has 1 N–H and O–H groups in total. The molecule has 0 unspecified atom stereocenters. The fraction of sp³-hybridized carbons (Fsp3) is 0.111. The second kappa shape index (κ2) is 7.06. The summed E-state index contributed by atoms with van der Waals surface area (Å²) in [5.74, 6) is -0.0898. The minimum atomic E-state index is -0.0898. The van der Waals surface area contributed by atoms with Crippen LogP contribution in [0.4, 0.5) is 0 Å². The number of nitrogens with zero attached hydrogens (tertiary/aromatic N) is 1. The molecule has 3 rings (SSSR count). The van der Waals surface area contributed by atoms with E-state index in [9.17, 15) is 4.79 Å². The van der Waals surface area contributed by atoms with Gasteiger partial charge in [0.1, 0.15) is 5.01 Å². The van der Waals surface area contributed by atoms with Crippen molar-refractivity contribution >= 4 is 33.2 Å². The van der Waals surface area contributed by atoms with Gasteiger partial charge in [-0.05, 0) is 46.6 Å². The number of carbonyl (C=O) groups excluding carboxylic acids is 1. The quantitative estimate of drug-likeness (QED) is 0.698. The van der Waals surface area contributed by atoms with Crippen LogP contribution in [0.25, 0.3) is 10.6 Å². The number of hydrogen-bond acceptors (Lipinski definition) is 3. The molecule has 1 aromatic heterocycles. The van der Waals surface area contributed by atoms with E-state index in [0.717, 1.165) is 26.3 Å². The van der Waals surface area contributed by atoms with Crippen LogP contribution < -0.4 is 5.32 Å². The van der Waals surface area contributed by atoms with Gasteiger partial charge in [0.05, 0.1) is 5.56 Å². The van der Waals surface area contributed by atoms with Crippen LogP contribution in [-0.2, 0) is 6.54 Å². The van der Waals surface area contributed by atoms with E-state index in [0.29, 0.717) is 12.1 Å². The molecule has 0 atom stereocenters. The van der Waals surface area contributed by atoms with Crippen LogP contribution >= 0.6 is 27.3 Å².